The molecule has 0 spiro atoms. The molecule has 1 N–H and O–H groups in total. The summed E-state index contributed by atoms with van der Waals surface area (Å²) in [5.74, 6) is -0.981. The number of benzene rings is 1. The fourth-order valence-corrected chi connectivity index (χ4v) is 5.03. The Morgan fingerprint density at radius 1 is 1.25 bits per heavy atom. The molecule has 188 valence electrons. The molecule has 12 heteroatoms. The van der Waals surface area contributed by atoms with Crippen LogP contribution < -0.4 is 5.32 Å². The number of rotatable bonds is 8. The zero-order valence-electron chi connectivity index (χ0n) is 19.4. The normalized spacial score (nSPS) is 18.8. The number of aliphatic imine (C=N–C) groups is 1. The highest BCUT2D eigenvalue weighted by atomic mass is 32.2. The van der Waals surface area contributed by atoms with E-state index in [1.54, 1.807) is 36.3 Å². The SMILES string of the molecule is Cn1cnc(-c2ccc(Nc3cc(CC(=O)[C@@H]4C[C@@H]4F)nc4c3N=C(C(F)F)C4)c(S(C)(=O)=O)c2)c1. The van der Waals surface area contributed by atoms with Crippen molar-refractivity contribution < 1.29 is 26.4 Å². The number of halogens is 3. The molecule has 3 heterocycles. The number of pyridine rings is 1. The molecule has 0 radical (unpaired) electrons. The van der Waals surface area contributed by atoms with Gasteiger partial charge in [-0.05, 0) is 24.6 Å². The van der Waals surface area contributed by atoms with Crippen LogP contribution in [0.3, 0.4) is 0 Å². The molecule has 1 aliphatic heterocycles. The lowest BCUT2D eigenvalue weighted by molar-refractivity contribution is -0.120. The molecule has 3 aromatic rings. The van der Waals surface area contributed by atoms with Crippen LogP contribution in [0.4, 0.5) is 30.2 Å². The molecule has 1 fully saturated rings. The van der Waals surface area contributed by atoms with Crippen molar-refractivity contribution in [1.82, 2.24) is 14.5 Å². The van der Waals surface area contributed by atoms with E-state index in [0.29, 0.717) is 11.3 Å². The highest BCUT2D eigenvalue weighted by Gasteiger charge is 2.43. The van der Waals surface area contributed by atoms with Crippen molar-refractivity contribution in [3.8, 4) is 11.3 Å². The van der Waals surface area contributed by atoms with E-state index in [1.807, 2.05) is 0 Å². The number of ketones is 1. The number of carbonyl (C=O) groups excluding carboxylic acids is 1. The fourth-order valence-electron chi connectivity index (χ4n) is 4.17. The van der Waals surface area contributed by atoms with Gasteiger partial charge >= 0.3 is 0 Å². The maximum Gasteiger partial charge on any atom is 0.277 e. The number of anilines is 2. The maximum atomic E-state index is 13.4. The Balaban J connectivity index is 1.55. The van der Waals surface area contributed by atoms with E-state index in [4.69, 9.17) is 0 Å². The quantitative estimate of drug-likeness (QED) is 0.484. The smallest absolute Gasteiger partial charge is 0.277 e. The first-order chi connectivity index (χ1) is 17.0. The highest BCUT2D eigenvalue weighted by molar-refractivity contribution is 7.90. The van der Waals surface area contributed by atoms with Gasteiger partial charge in [-0.3, -0.25) is 9.78 Å². The number of hydrogen-bond donors (Lipinski definition) is 1. The van der Waals surface area contributed by atoms with Gasteiger partial charge in [0.1, 0.15) is 17.6 Å². The van der Waals surface area contributed by atoms with E-state index in [0.717, 1.165) is 6.26 Å². The number of aryl methyl sites for hydroxylation is 1. The van der Waals surface area contributed by atoms with E-state index in [-0.39, 0.29) is 64.1 Å². The van der Waals surface area contributed by atoms with Gasteiger partial charge in [-0.2, -0.15) is 0 Å². The minimum atomic E-state index is -3.72. The Labute approximate surface area is 205 Å². The van der Waals surface area contributed by atoms with Crippen molar-refractivity contribution >= 4 is 38.4 Å². The molecule has 5 rings (SSSR count). The van der Waals surface area contributed by atoms with Crippen molar-refractivity contribution in [1.29, 1.82) is 0 Å². The molecule has 0 saturated heterocycles. The molecule has 1 saturated carbocycles. The number of fused-ring (bicyclic) bond motifs is 1. The standard InChI is InChI=1S/C24H22F3N5O3S/c1-32-10-20(28-11-32)12-3-4-16(22(5-12)36(2,34)35)30-17-6-13(7-21(33)14-8-15(14)25)29-18-9-19(24(26)27)31-23(17)18/h3-6,10-11,14-15,24H,7-9H2,1-2H3,(H,29,30)/t14-,15+/m1/s1. The van der Waals surface area contributed by atoms with Crippen molar-refractivity contribution in [3.63, 3.8) is 0 Å². The number of nitrogens with zero attached hydrogens (tertiary/aromatic N) is 4. The third-order valence-corrected chi connectivity index (χ3v) is 7.24. The second-order valence-electron chi connectivity index (χ2n) is 9.07. The maximum absolute atomic E-state index is 13.4. The van der Waals surface area contributed by atoms with Crippen LogP contribution in [0.2, 0.25) is 0 Å². The molecule has 2 aliphatic rings. The Kier molecular flexibility index (Phi) is 5.93. The fraction of sp³-hybridized carbons (Fsp3) is 0.333. The van der Waals surface area contributed by atoms with Crippen molar-refractivity contribution in [3.05, 3.63) is 48.2 Å². The number of imidazole rings is 1. The van der Waals surface area contributed by atoms with Gasteiger partial charge in [0.25, 0.3) is 6.43 Å². The minimum Gasteiger partial charge on any atom is -0.353 e. The Morgan fingerprint density at radius 3 is 2.61 bits per heavy atom. The third-order valence-electron chi connectivity index (χ3n) is 6.11. The van der Waals surface area contributed by atoms with Gasteiger partial charge in [-0.15, -0.1) is 0 Å². The van der Waals surface area contributed by atoms with Crippen LogP contribution in [-0.4, -0.2) is 53.3 Å². The molecule has 2 aromatic heterocycles. The number of Topliss-reactive ketones (excluding diaryl/α,β-unsaturated/α-hetero) is 1. The van der Waals surface area contributed by atoms with Crippen molar-refractivity contribution in [2.45, 2.75) is 36.8 Å². The van der Waals surface area contributed by atoms with Crippen LogP contribution in [0.15, 0.2) is 46.7 Å². The second-order valence-corrected chi connectivity index (χ2v) is 11.1. The van der Waals surface area contributed by atoms with E-state index < -0.39 is 28.4 Å². The molecular weight excluding hydrogens is 495 g/mol. The molecule has 0 unspecified atom stereocenters. The molecule has 0 bridgehead atoms. The largest absolute Gasteiger partial charge is 0.353 e. The van der Waals surface area contributed by atoms with Crippen LogP contribution in [0.25, 0.3) is 11.3 Å². The summed E-state index contributed by atoms with van der Waals surface area (Å²) >= 11 is 0. The predicted molar refractivity (Wildman–Crippen MR) is 128 cm³/mol. The van der Waals surface area contributed by atoms with Gasteiger partial charge in [0.05, 0.1) is 51.3 Å². The van der Waals surface area contributed by atoms with E-state index in [2.05, 4.69) is 20.3 Å². The molecular formula is C24H22F3N5O3S. The average molecular weight is 518 g/mol. The predicted octanol–water partition coefficient (Wildman–Crippen LogP) is 3.99. The average Bonchev–Trinajstić information content (AvgIpc) is 3.17. The number of sulfone groups is 1. The number of carbonyl (C=O) groups is 1. The van der Waals surface area contributed by atoms with Gasteiger partial charge in [-0.1, -0.05) is 6.07 Å². The first-order valence-electron chi connectivity index (χ1n) is 11.1. The topological polar surface area (TPSA) is 106 Å². The lowest BCUT2D eigenvalue weighted by Crippen LogP contribution is -2.12. The van der Waals surface area contributed by atoms with Crippen LogP contribution in [-0.2, 0) is 34.5 Å². The Hall–Kier alpha value is -3.54. The minimum absolute atomic E-state index is 0.0249. The summed E-state index contributed by atoms with van der Waals surface area (Å²) in [5.41, 5.74) is 1.91. The summed E-state index contributed by atoms with van der Waals surface area (Å²) in [5, 5.41) is 3.01. The molecule has 8 nitrogen and oxygen atoms in total. The summed E-state index contributed by atoms with van der Waals surface area (Å²) in [4.78, 5) is 24.9. The first kappa shape index (κ1) is 24.2. The molecule has 0 amide bonds. The monoisotopic (exact) mass is 517 g/mol. The van der Waals surface area contributed by atoms with Gasteiger partial charge in [-0.25, -0.2) is 31.6 Å². The molecule has 36 heavy (non-hydrogen) atoms. The number of aromatic nitrogens is 3. The molecule has 1 aliphatic carbocycles. The van der Waals surface area contributed by atoms with Gasteiger partial charge in [0.2, 0.25) is 0 Å². The van der Waals surface area contributed by atoms with Gasteiger partial charge in [0, 0.05) is 37.9 Å². The molecule has 2 atom stereocenters. The van der Waals surface area contributed by atoms with Crippen molar-refractivity contribution in [2.24, 2.45) is 18.0 Å². The van der Waals surface area contributed by atoms with Crippen LogP contribution in [0.1, 0.15) is 17.8 Å². The van der Waals surface area contributed by atoms with Gasteiger partial charge in [0.15, 0.2) is 9.84 Å². The summed E-state index contributed by atoms with van der Waals surface area (Å²) in [6.07, 6.45) is 0.269. The van der Waals surface area contributed by atoms with E-state index in [9.17, 15) is 26.4 Å². The zero-order valence-corrected chi connectivity index (χ0v) is 20.2. The second kappa shape index (κ2) is 8.84. The number of alkyl halides is 3. The molecule has 1 aromatic carbocycles. The lowest BCUT2D eigenvalue weighted by atomic mass is 10.1. The number of hydrogen-bond acceptors (Lipinski definition) is 7. The third kappa shape index (κ3) is 4.77. The van der Waals surface area contributed by atoms with Crippen LogP contribution >= 0.6 is 0 Å². The summed E-state index contributed by atoms with van der Waals surface area (Å²) in [7, 11) is -1.93. The lowest BCUT2D eigenvalue weighted by Gasteiger charge is -2.15. The Bertz CT molecular complexity index is 1520. The highest BCUT2D eigenvalue weighted by Crippen LogP contribution is 2.40. The van der Waals surface area contributed by atoms with E-state index >= 15 is 0 Å². The van der Waals surface area contributed by atoms with Crippen molar-refractivity contribution in [2.75, 3.05) is 11.6 Å². The van der Waals surface area contributed by atoms with Crippen LogP contribution in [0, 0.1) is 5.92 Å². The van der Waals surface area contributed by atoms with E-state index in [1.165, 1.54) is 12.1 Å². The zero-order chi connectivity index (χ0) is 25.8. The summed E-state index contributed by atoms with van der Waals surface area (Å²) in [6, 6.07) is 6.20. The van der Waals surface area contributed by atoms with Gasteiger partial charge < -0.3 is 9.88 Å². The summed E-state index contributed by atoms with van der Waals surface area (Å²) < 4.78 is 67.2. The first-order valence-corrected chi connectivity index (χ1v) is 13.0. The Morgan fingerprint density at radius 2 is 2.00 bits per heavy atom. The summed E-state index contributed by atoms with van der Waals surface area (Å²) in [6.45, 7) is 0. The number of nitrogens with one attached hydrogen (secondary N) is 1. The van der Waals surface area contributed by atoms with Crippen LogP contribution in [0.5, 0.6) is 0 Å².